The van der Waals surface area contributed by atoms with Crippen molar-refractivity contribution in [2.24, 2.45) is 0 Å². The van der Waals surface area contributed by atoms with Crippen LogP contribution in [0.25, 0.3) is 0 Å². The van der Waals surface area contributed by atoms with E-state index in [2.05, 4.69) is 0 Å². The summed E-state index contributed by atoms with van der Waals surface area (Å²) in [6.45, 7) is 0. The van der Waals surface area contributed by atoms with Crippen molar-refractivity contribution in [3.63, 3.8) is 0 Å². The van der Waals surface area contributed by atoms with E-state index in [1.165, 1.54) is 24.3 Å². The van der Waals surface area contributed by atoms with Gasteiger partial charge in [-0.15, -0.1) is 11.8 Å². The third-order valence-electron chi connectivity index (χ3n) is 2.37. The highest BCUT2D eigenvalue weighted by Gasteiger charge is 2.09. The zero-order valence-electron chi connectivity index (χ0n) is 9.29. The molecule has 0 atom stereocenters. The van der Waals surface area contributed by atoms with Gasteiger partial charge in [-0.3, -0.25) is 0 Å². The van der Waals surface area contributed by atoms with Crippen LogP contribution in [0, 0.1) is 17.5 Å². The molecule has 2 N–H and O–H groups in total. The predicted octanol–water partition coefficient (Wildman–Crippen LogP) is 3.98. The van der Waals surface area contributed by atoms with Crippen molar-refractivity contribution >= 4 is 17.4 Å². The second kappa shape index (κ2) is 5.35. The summed E-state index contributed by atoms with van der Waals surface area (Å²) >= 11 is 1.09. The van der Waals surface area contributed by atoms with Crippen LogP contribution in [0.5, 0.6) is 0 Å². The molecule has 0 radical (unpaired) electrons. The maximum Gasteiger partial charge on any atom is 0.162 e. The van der Waals surface area contributed by atoms with Gasteiger partial charge in [-0.1, -0.05) is 12.1 Å². The largest absolute Gasteiger partial charge is 0.399 e. The van der Waals surface area contributed by atoms with Gasteiger partial charge >= 0.3 is 0 Å². The standard InChI is InChI=1S/C13H10F3NS/c14-10-3-1-2-8(13(10)16)7-18-12-5-4-9(17)6-11(12)15/h1-6H,7,17H2. The summed E-state index contributed by atoms with van der Waals surface area (Å²) in [5.74, 6) is -2.09. The molecule has 0 unspecified atom stereocenters. The van der Waals surface area contributed by atoms with Crippen molar-refractivity contribution in [2.75, 3.05) is 5.73 Å². The van der Waals surface area contributed by atoms with Gasteiger partial charge < -0.3 is 5.73 Å². The first kappa shape index (κ1) is 12.8. The zero-order valence-corrected chi connectivity index (χ0v) is 10.1. The molecule has 18 heavy (non-hydrogen) atoms. The molecule has 0 aliphatic carbocycles. The van der Waals surface area contributed by atoms with Crippen molar-refractivity contribution in [2.45, 2.75) is 10.6 Å². The van der Waals surface area contributed by atoms with Crippen LogP contribution in [0.1, 0.15) is 5.56 Å². The first-order valence-electron chi connectivity index (χ1n) is 5.18. The average Bonchev–Trinajstić information content (AvgIpc) is 2.33. The topological polar surface area (TPSA) is 26.0 Å². The van der Waals surface area contributed by atoms with E-state index in [0.717, 1.165) is 17.8 Å². The molecule has 2 aromatic carbocycles. The molecular weight excluding hydrogens is 259 g/mol. The van der Waals surface area contributed by atoms with Crippen molar-refractivity contribution in [1.29, 1.82) is 0 Å². The average molecular weight is 269 g/mol. The Balaban J connectivity index is 2.14. The van der Waals surface area contributed by atoms with E-state index < -0.39 is 17.5 Å². The monoisotopic (exact) mass is 269 g/mol. The minimum atomic E-state index is -0.897. The lowest BCUT2D eigenvalue weighted by molar-refractivity contribution is 0.502. The molecule has 1 nitrogen and oxygen atoms in total. The quantitative estimate of drug-likeness (QED) is 0.673. The van der Waals surface area contributed by atoms with Crippen molar-refractivity contribution in [1.82, 2.24) is 0 Å². The van der Waals surface area contributed by atoms with Gasteiger partial charge in [-0.05, 0) is 24.3 Å². The van der Waals surface area contributed by atoms with E-state index in [4.69, 9.17) is 5.73 Å². The van der Waals surface area contributed by atoms with E-state index in [1.54, 1.807) is 6.07 Å². The third kappa shape index (κ3) is 2.79. The van der Waals surface area contributed by atoms with Gasteiger partial charge in [0.2, 0.25) is 0 Å². The summed E-state index contributed by atoms with van der Waals surface area (Å²) in [5.41, 5.74) is 5.95. The van der Waals surface area contributed by atoms with Crippen LogP contribution in [0.3, 0.4) is 0 Å². The molecule has 0 spiro atoms. The SMILES string of the molecule is Nc1ccc(SCc2cccc(F)c2F)c(F)c1. The van der Waals surface area contributed by atoms with Gasteiger partial charge in [-0.2, -0.15) is 0 Å². The number of nitrogen functional groups attached to an aromatic ring is 1. The number of anilines is 1. The van der Waals surface area contributed by atoms with Gasteiger partial charge in [0.1, 0.15) is 5.82 Å². The van der Waals surface area contributed by atoms with Crippen LogP contribution in [0.4, 0.5) is 18.9 Å². The van der Waals surface area contributed by atoms with Crippen LogP contribution >= 0.6 is 11.8 Å². The first-order chi connectivity index (χ1) is 8.58. The highest BCUT2D eigenvalue weighted by atomic mass is 32.2. The van der Waals surface area contributed by atoms with Gasteiger partial charge in [0.05, 0.1) is 0 Å². The minimum absolute atomic E-state index is 0.157. The molecule has 0 aromatic heterocycles. The highest BCUT2D eigenvalue weighted by Crippen LogP contribution is 2.28. The van der Waals surface area contributed by atoms with Crippen LogP contribution in [-0.2, 0) is 5.75 Å². The van der Waals surface area contributed by atoms with Crippen molar-refractivity contribution in [3.05, 3.63) is 59.4 Å². The maximum absolute atomic E-state index is 13.5. The Kier molecular flexibility index (Phi) is 3.81. The van der Waals surface area contributed by atoms with E-state index in [-0.39, 0.29) is 11.3 Å². The van der Waals surface area contributed by atoms with E-state index in [0.29, 0.717) is 10.6 Å². The van der Waals surface area contributed by atoms with Crippen molar-refractivity contribution < 1.29 is 13.2 Å². The summed E-state index contributed by atoms with van der Waals surface area (Å²) in [6.07, 6.45) is 0. The highest BCUT2D eigenvalue weighted by molar-refractivity contribution is 7.98. The molecule has 0 bridgehead atoms. The lowest BCUT2D eigenvalue weighted by Crippen LogP contribution is -1.93. The summed E-state index contributed by atoms with van der Waals surface area (Å²) in [5, 5.41) is 0. The second-order valence-electron chi connectivity index (χ2n) is 3.69. The fourth-order valence-electron chi connectivity index (χ4n) is 1.45. The molecule has 0 fully saturated rings. The van der Waals surface area contributed by atoms with Crippen LogP contribution in [0.15, 0.2) is 41.3 Å². The Morgan fingerprint density at radius 1 is 1.00 bits per heavy atom. The summed E-state index contributed by atoms with van der Waals surface area (Å²) in [6, 6.07) is 8.23. The Morgan fingerprint density at radius 2 is 1.78 bits per heavy atom. The number of hydrogen-bond donors (Lipinski definition) is 1. The molecule has 2 aromatic rings. The number of halogens is 3. The molecule has 0 heterocycles. The van der Waals surface area contributed by atoms with Crippen molar-refractivity contribution in [3.8, 4) is 0 Å². The lowest BCUT2D eigenvalue weighted by Gasteiger charge is -2.05. The lowest BCUT2D eigenvalue weighted by atomic mass is 10.2. The molecule has 5 heteroatoms. The van der Waals surface area contributed by atoms with E-state index in [1.807, 2.05) is 0 Å². The fraction of sp³-hybridized carbons (Fsp3) is 0.0769. The van der Waals surface area contributed by atoms with Gasteiger partial charge in [0.25, 0.3) is 0 Å². The normalized spacial score (nSPS) is 10.6. The minimum Gasteiger partial charge on any atom is -0.399 e. The molecule has 94 valence electrons. The number of nitrogens with two attached hydrogens (primary N) is 1. The summed E-state index contributed by atoms with van der Waals surface area (Å²) in [7, 11) is 0. The Bertz CT molecular complexity index is 572. The molecule has 0 saturated carbocycles. The Labute approximate surface area is 107 Å². The van der Waals surface area contributed by atoms with Gasteiger partial charge in [0, 0.05) is 21.9 Å². The molecule has 0 aliphatic rings. The van der Waals surface area contributed by atoms with Gasteiger partial charge in [0.15, 0.2) is 11.6 Å². The number of thioether (sulfide) groups is 1. The number of rotatable bonds is 3. The zero-order chi connectivity index (χ0) is 13.1. The number of hydrogen-bond acceptors (Lipinski definition) is 2. The molecule has 2 rings (SSSR count). The smallest absolute Gasteiger partial charge is 0.162 e. The Hall–Kier alpha value is -1.62. The fourth-order valence-corrected chi connectivity index (χ4v) is 2.34. The van der Waals surface area contributed by atoms with Crippen LogP contribution in [0.2, 0.25) is 0 Å². The molecular formula is C13H10F3NS. The van der Waals surface area contributed by atoms with Gasteiger partial charge in [-0.25, -0.2) is 13.2 Å². The maximum atomic E-state index is 13.5. The molecule has 0 amide bonds. The Morgan fingerprint density at radius 3 is 2.50 bits per heavy atom. The van der Waals surface area contributed by atoms with E-state index in [9.17, 15) is 13.2 Å². The van der Waals surface area contributed by atoms with Crippen LogP contribution < -0.4 is 5.73 Å². The summed E-state index contributed by atoms with van der Waals surface area (Å²) < 4.78 is 39.8. The second-order valence-corrected chi connectivity index (χ2v) is 4.71. The van der Waals surface area contributed by atoms with Crippen LogP contribution in [-0.4, -0.2) is 0 Å². The van der Waals surface area contributed by atoms with E-state index >= 15 is 0 Å². The first-order valence-corrected chi connectivity index (χ1v) is 6.17. The number of benzene rings is 2. The predicted molar refractivity (Wildman–Crippen MR) is 66.7 cm³/mol. The third-order valence-corrected chi connectivity index (χ3v) is 3.47. The molecule has 0 saturated heterocycles. The molecule has 0 aliphatic heterocycles. The summed E-state index contributed by atoms with van der Waals surface area (Å²) in [4.78, 5) is 0.355.